The summed E-state index contributed by atoms with van der Waals surface area (Å²) in [5.74, 6) is -0.675. The Balaban J connectivity index is 1.59. The van der Waals surface area contributed by atoms with Gasteiger partial charge in [0.05, 0.1) is 7.11 Å². The molecule has 1 aromatic carbocycles. The first kappa shape index (κ1) is 22.4. The molecule has 10 heteroatoms. The number of carbonyl (C=O) groups excluding carboxylic acids is 1. The number of aromatic nitrogens is 3. The van der Waals surface area contributed by atoms with E-state index in [1.807, 2.05) is 0 Å². The molecule has 0 radical (unpaired) electrons. The minimum atomic E-state index is -0.725. The monoisotopic (exact) mass is 455 g/mol. The number of carbonyl (C=O) groups is 1. The minimum Gasteiger partial charge on any atom is -0.487 e. The topological polar surface area (TPSA) is 103 Å². The SMILES string of the molecule is COc1nccc(-c2cnc(C)nc2N2CCC(Oc3ccc(F)cc3F)CC2)c1C(N)=O. The van der Waals surface area contributed by atoms with Gasteiger partial charge in [0.1, 0.15) is 29.1 Å². The number of methoxy groups -OCH3 is 1. The number of primary amides is 1. The van der Waals surface area contributed by atoms with Crippen molar-refractivity contribution in [3.05, 3.63) is 59.7 Å². The standard InChI is InChI=1S/C23H23F2N5O3/c1-13-28-12-17(16-5-8-27-23(32-2)20(16)21(26)31)22(29-13)30-9-6-15(7-10-30)33-19-4-3-14(24)11-18(19)25/h3-5,8,11-12,15H,6-7,9-10H2,1-2H3,(H2,26,31). The molecule has 2 aromatic heterocycles. The second-order valence-electron chi connectivity index (χ2n) is 7.64. The average molecular weight is 455 g/mol. The summed E-state index contributed by atoms with van der Waals surface area (Å²) in [6, 6.07) is 4.95. The van der Waals surface area contributed by atoms with E-state index in [4.69, 9.17) is 15.2 Å². The molecule has 1 fully saturated rings. The normalized spacial score (nSPS) is 14.2. The molecule has 172 valence electrons. The van der Waals surface area contributed by atoms with Crippen molar-refractivity contribution in [2.24, 2.45) is 5.73 Å². The van der Waals surface area contributed by atoms with E-state index in [1.165, 1.54) is 25.4 Å². The third-order valence-electron chi connectivity index (χ3n) is 5.46. The summed E-state index contributed by atoms with van der Waals surface area (Å²) in [5.41, 5.74) is 6.92. The van der Waals surface area contributed by atoms with Crippen molar-refractivity contribution in [1.82, 2.24) is 15.0 Å². The number of pyridine rings is 1. The first-order valence-electron chi connectivity index (χ1n) is 10.4. The van der Waals surface area contributed by atoms with Gasteiger partial charge in [-0.15, -0.1) is 0 Å². The van der Waals surface area contributed by atoms with Gasteiger partial charge in [-0.25, -0.2) is 23.7 Å². The molecule has 1 aliphatic rings. The van der Waals surface area contributed by atoms with Crippen molar-refractivity contribution >= 4 is 11.7 Å². The van der Waals surface area contributed by atoms with Gasteiger partial charge in [-0.05, 0) is 25.1 Å². The Bertz CT molecular complexity index is 1180. The molecule has 2 N–H and O–H groups in total. The summed E-state index contributed by atoms with van der Waals surface area (Å²) in [7, 11) is 1.42. The number of hydrogen-bond donors (Lipinski definition) is 1. The van der Waals surface area contributed by atoms with Crippen LogP contribution in [0.2, 0.25) is 0 Å². The number of ether oxygens (including phenoxy) is 2. The van der Waals surface area contributed by atoms with Crippen LogP contribution in [-0.4, -0.2) is 47.2 Å². The molecule has 1 aliphatic heterocycles. The van der Waals surface area contributed by atoms with Gasteiger partial charge in [0.15, 0.2) is 11.6 Å². The zero-order valence-corrected chi connectivity index (χ0v) is 18.2. The molecular weight excluding hydrogens is 432 g/mol. The summed E-state index contributed by atoms with van der Waals surface area (Å²) < 4.78 is 38.1. The Hall–Kier alpha value is -3.82. The van der Waals surface area contributed by atoms with Crippen LogP contribution in [0, 0.1) is 18.6 Å². The van der Waals surface area contributed by atoms with Crippen molar-refractivity contribution in [1.29, 1.82) is 0 Å². The Morgan fingerprint density at radius 3 is 2.58 bits per heavy atom. The van der Waals surface area contributed by atoms with Gasteiger partial charge in [0, 0.05) is 55.5 Å². The predicted molar refractivity (Wildman–Crippen MR) is 117 cm³/mol. The fraction of sp³-hybridized carbons (Fsp3) is 0.304. The third-order valence-corrected chi connectivity index (χ3v) is 5.46. The predicted octanol–water partition coefficient (Wildman–Crippen LogP) is 3.28. The second kappa shape index (κ2) is 9.35. The lowest BCUT2D eigenvalue weighted by molar-refractivity contribution is 0.0997. The van der Waals surface area contributed by atoms with E-state index in [0.717, 1.165) is 6.07 Å². The van der Waals surface area contributed by atoms with Gasteiger partial charge < -0.3 is 20.1 Å². The van der Waals surface area contributed by atoms with Crippen LogP contribution in [-0.2, 0) is 0 Å². The molecule has 0 spiro atoms. The number of benzene rings is 1. The van der Waals surface area contributed by atoms with Crippen LogP contribution in [0.15, 0.2) is 36.7 Å². The molecule has 0 atom stereocenters. The summed E-state index contributed by atoms with van der Waals surface area (Å²) >= 11 is 0. The molecule has 8 nitrogen and oxygen atoms in total. The van der Waals surface area contributed by atoms with Crippen molar-refractivity contribution < 1.29 is 23.0 Å². The first-order chi connectivity index (χ1) is 15.9. The zero-order chi connectivity index (χ0) is 23.5. The molecule has 4 rings (SSSR count). The van der Waals surface area contributed by atoms with E-state index in [0.29, 0.717) is 48.7 Å². The third kappa shape index (κ3) is 4.69. The van der Waals surface area contributed by atoms with E-state index < -0.39 is 17.5 Å². The van der Waals surface area contributed by atoms with Crippen LogP contribution in [0.1, 0.15) is 29.0 Å². The highest BCUT2D eigenvalue weighted by atomic mass is 19.1. The number of rotatable bonds is 6. The molecular formula is C23H23F2N5O3. The van der Waals surface area contributed by atoms with Crippen molar-refractivity contribution in [2.75, 3.05) is 25.1 Å². The Labute approximate surface area is 189 Å². The van der Waals surface area contributed by atoms with Gasteiger partial charge in [-0.2, -0.15) is 0 Å². The van der Waals surface area contributed by atoms with Gasteiger partial charge in [0.25, 0.3) is 5.91 Å². The van der Waals surface area contributed by atoms with Crippen LogP contribution in [0.5, 0.6) is 11.6 Å². The zero-order valence-electron chi connectivity index (χ0n) is 18.2. The second-order valence-corrected chi connectivity index (χ2v) is 7.64. The fourth-order valence-electron chi connectivity index (χ4n) is 3.88. The van der Waals surface area contributed by atoms with E-state index in [-0.39, 0.29) is 23.3 Å². The van der Waals surface area contributed by atoms with Crippen LogP contribution >= 0.6 is 0 Å². The number of halogens is 2. The number of amides is 1. The van der Waals surface area contributed by atoms with E-state index in [1.54, 1.807) is 19.2 Å². The lowest BCUT2D eigenvalue weighted by atomic mass is 10.0. The first-order valence-corrected chi connectivity index (χ1v) is 10.4. The van der Waals surface area contributed by atoms with Crippen LogP contribution < -0.4 is 20.1 Å². The molecule has 33 heavy (non-hydrogen) atoms. The lowest BCUT2D eigenvalue weighted by Crippen LogP contribution is -2.39. The number of aryl methyl sites for hydroxylation is 1. The smallest absolute Gasteiger partial charge is 0.254 e. The van der Waals surface area contributed by atoms with E-state index >= 15 is 0 Å². The summed E-state index contributed by atoms with van der Waals surface area (Å²) in [6.45, 7) is 2.93. The Morgan fingerprint density at radius 1 is 1.15 bits per heavy atom. The minimum absolute atomic E-state index is 0.0309. The molecule has 0 bridgehead atoms. The number of anilines is 1. The molecule has 1 amide bonds. The van der Waals surface area contributed by atoms with E-state index in [9.17, 15) is 13.6 Å². The summed E-state index contributed by atoms with van der Waals surface area (Å²) in [4.78, 5) is 27.2. The molecule has 1 saturated heterocycles. The van der Waals surface area contributed by atoms with Crippen molar-refractivity contribution in [3.8, 4) is 22.8 Å². The number of piperidine rings is 1. The molecule has 3 heterocycles. The van der Waals surface area contributed by atoms with E-state index in [2.05, 4.69) is 19.9 Å². The molecule has 3 aromatic rings. The van der Waals surface area contributed by atoms with Crippen molar-refractivity contribution in [2.45, 2.75) is 25.9 Å². The number of nitrogens with zero attached hydrogens (tertiary/aromatic N) is 4. The van der Waals surface area contributed by atoms with Gasteiger partial charge >= 0.3 is 0 Å². The molecule has 0 saturated carbocycles. The van der Waals surface area contributed by atoms with Crippen LogP contribution in [0.4, 0.5) is 14.6 Å². The maximum atomic E-state index is 14.0. The lowest BCUT2D eigenvalue weighted by Gasteiger charge is -2.34. The Kier molecular flexibility index (Phi) is 6.34. The number of nitrogens with two attached hydrogens (primary N) is 1. The highest BCUT2D eigenvalue weighted by Crippen LogP contribution is 2.35. The Morgan fingerprint density at radius 2 is 1.91 bits per heavy atom. The summed E-state index contributed by atoms with van der Waals surface area (Å²) in [6.07, 6.45) is 4.15. The van der Waals surface area contributed by atoms with Crippen LogP contribution in [0.3, 0.4) is 0 Å². The largest absolute Gasteiger partial charge is 0.487 e. The highest BCUT2D eigenvalue weighted by Gasteiger charge is 2.27. The average Bonchev–Trinajstić information content (AvgIpc) is 2.80. The van der Waals surface area contributed by atoms with Crippen molar-refractivity contribution in [3.63, 3.8) is 0 Å². The maximum Gasteiger partial charge on any atom is 0.254 e. The molecule has 0 unspecified atom stereocenters. The molecule has 0 aliphatic carbocycles. The van der Waals surface area contributed by atoms with Crippen LogP contribution in [0.25, 0.3) is 11.1 Å². The van der Waals surface area contributed by atoms with Gasteiger partial charge in [-0.3, -0.25) is 4.79 Å². The highest BCUT2D eigenvalue weighted by molar-refractivity contribution is 6.03. The maximum absolute atomic E-state index is 14.0. The number of hydrogen-bond acceptors (Lipinski definition) is 7. The fourth-order valence-corrected chi connectivity index (χ4v) is 3.88. The van der Waals surface area contributed by atoms with Gasteiger partial charge in [-0.1, -0.05) is 0 Å². The van der Waals surface area contributed by atoms with Gasteiger partial charge in [0.2, 0.25) is 5.88 Å². The quantitative estimate of drug-likeness (QED) is 0.608. The summed E-state index contributed by atoms with van der Waals surface area (Å²) in [5, 5.41) is 0.